The van der Waals surface area contributed by atoms with Crippen molar-refractivity contribution in [2.24, 2.45) is 0 Å². The smallest absolute Gasteiger partial charge is 1.00 e. The average molecular weight is 72.8 g/mol. The van der Waals surface area contributed by atoms with Crippen LogP contribution < -0.4 is 24.2 Å². The fourth-order valence-corrected chi connectivity index (χ4v) is 0.361. The van der Waals surface area contributed by atoms with Crippen molar-refractivity contribution >= 4 is 13.0 Å². The van der Waals surface area contributed by atoms with E-state index >= 15 is 0 Å². The maximum Gasteiger partial charge on any atom is 1.00 e. The van der Waals surface area contributed by atoms with Gasteiger partial charge < -0.3 is 0 Å². The fraction of sp³-hybridized carbons (Fsp3) is 0.667. The first-order valence-electron chi connectivity index (χ1n) is 1.80. The van der Waals surface area contributed by atoms with Crippen molar-refractivity contribution in [3.8, 4) is 0 Å². The topological polar surface area (TPSA) is 12.0 Å². The van der Waals surface area contributed by atoms with E-state index < -0.39 is 0 Å². The van der Waals surface area contributed by atoms with Crippen LogP contribution in [0.25, 0.3) is 0 Å². The number of nitrogens with one attached hydrogen (secondary N) is 1. The summed E-state index contributed by atoms with van der Waals surface area (Å²) in [5, 5.41) is 2.92. The molecule has 6 heavy (non-hydrogen) atoms. The van der Waals surface area contributed by atoms with Gasteiger partial charge in [-0.3, -0.25) is 0 Å². The molecule has 0 radical (unpaired) electrons. The Morgan fingerprint density at radius 1 is 1.67 bits per heavy atom. The van der Waals surface area contributed by atoms with E-state index in [1.54, 1.807) is 0 Å². The van der Waals surface area contributed by atoms with Crippen LogP contribution in [0, 0.1) is 0 Å². The van der Waals surface area contributed by atoms with Crippen molar-refractivity contribution in [2.45, 2.75) is 6.32 Å². The Balaban J connectivity index is 0.000000250. The van der Waals surface area contributed by atoms with E-state index in [1.807, 2.05) is 6.92 Å². The molecule has 1 rings (SSSR count). The molecule has 1 N–H and O–H groups in total. The van der Waals surface area contributed by atoms with Crippen LogP contribution in [0.5, 0.6) is 0 Å². The van der Waals surface area contributed by atoms with Crippen LogP contribution in [0.15, 0.2) is 0 Å². The molecule has 0 bridgehead atoms. The summed E-state index contributed by atoms with van der Waals surface area (Å²) in [7, 11) is 0. The molecule has 1 aliphatic heterocycles. The molecule has 0 saturated heterocycles. The third-order valence-electron chi connectivity index (χ3n) is 0.618. The standard InChI is InChI=1S/C3H5BN.Li/c1-2-5-3-4-1;/h5H,1-2H2;/q-1;+1. The molecule has 0 aromatic heterocycles. The van der Waals surface area contributed by atoms with Gasteiger partial charge in [0, 0.05) is 0 Å². The quantitative estimate of drug-likeness (QED) is 0.230. The molecule has 0 aliphatic carbocycles. The monoisotopic (exact) mass is 73.1 g/mol. The molecule has 0 amide bonds. The van der Waals surface area contributed by atoms with Crippen LogP contribution >= 0.6 is 0 Å². The minimum atomic E-state index is 0. The average Bonchev–Trinajstić information content (AvgIpc) is 1.76. The zero-order chi connectivity index (χ0) is 3.54. The summed E-state index contributed by atoms with van der Waals surface area (Å²) >= 11 is 0. The maximum absolute atomic E-state index is 2.92. The minimum absolute atomic E-state index is 0. The van der Waals surface area contributed by atoms with Gasteiger partial charge in [0.25, 0.3) is 0 Å². The van der Waals surface area contributed by atoms with E-state index in [-0.39, 0.29) is 18.9 Å². The van der Waals surface area contributed by atoms with Gasteiger partial charge in [-0.15, -0.1) is 0 Å². The molecule has 0 fully saturated rings. The van der Waals surface area contributed by atoms with Crippen LogP contribution in [0.4, 0.5) is 0 Å². The van der Waals surface area contributed by atoms with Gasteiger partial charge >= 0.3 is 50.1 Å². The molecule has 1 aliphatic rings. The van der Waals surface area contributed by atoms with Crippen molar-refractivity contribution in [3.63, 3.8) is 0 Å². The van der Waals surface area contributed by atoms with E-state index in [4.69, 9.17) is 0 Å². The number of hydrogen-bond acceptors (Lipinski definition) is 1. The van der Waals surface area contributed by atoms with E-state index in [0.29, 0.717) is 0 Å². The third-order valence-corrected chi connectivity index (χ3v) is 0.618. The van der Waals surface area contributed by atoms with Gasteiger partial charge in [-0.2, -0.15) is 0 Å². The Kier molecular flexibility index (Phi) is 3.71. The van der Waals surface area contributed by atoms with E-state index in [1.165, 1.54) is 0 Å². The molecular formula is C3H5BLiN. The van der Waals surface area contributed by atoms with Crippen molar-refractivity contribution in [3.05, 3.63) is 0 Å². The predicted molar refractivity (Wildman–Crippen MR) is 23.6 cm³/mol. The summed E-state index contributed by atoms with van der Waals surface area (Å²) in [6.45, 7) is 3.08. The Morgan fingerprint density at radius 3 is 2.67 bits per heavy atom. The van der Waals surface area contributed by atoms with Gasteiger partial charge in [0.1, 0.15) is 0 Å². The predicted octanol–water partition coefficient (Wildman–Crippen LogP) is -3.65. The van der Waals surface area contributed by atoms with Gasteiger partial charge in [0.15, 0.2) is 0 Å². The molecule has 0 aromatic rings. The molecule has 0 saturated carbocycles. The first-order valence-corrected chi connectivity index (χ1v) is 1.80. The van der Waals surface area contributed by atoms with Crippen LogP contribution in [0.1, 0.15) is 0 Å². The van der Waals surface area contributed by atoms with Gasteiger partial charge in [-0.05, 0) is 0 Å². The third kappa shape index (κ3) is 1.69. The first kappa shape index (κ1) is 6.33. The normalized spacial score (nSPS) is 14.7. The molecule has 3 heteroatoms. The second-order valence-electron chi connectivity index (χ2n) is 1.06. The van der Waals surface area contributed by atoms with Crippen LogP contribution in [-0.4, -0.2) is 19.6 Å². The van der Waals surface area contributed by atoms with Crippen molar-refractivity contribution in [1.29, 1.82) is 0 Å². The Labute approximate surface area is 50.6 Å². The largest absolute Gasteiger partial charge is 1.00 e. The molecule has 0 atom stereocenters. The minimum Gasteiger partial charge on any atom is 1.00 e. The van der Waals surface area contributed by atoms with Crippen LogP contribution in [0.2, 0.25) is 6.32 Å². The fourth-order valence-electron chi connectivity index (χ4n) is 0.361. The van der Waals surface area contributed by atoms with Gasteiger partial charge in [0.05, 0.1) is 0 Å². The Hall–Kier alpha value is 0.332. The van der Waals surface area contributed by atoms with Crippen molar-refractivity contribution in [1.82, 2.24) is 5.32 Å². The summed E-state index contributed by atoms with van der Waals surface area (Å²) in [5.74, 6) is 0. The van der Waals surface area contributed by atoms with Crippen molar-refractivity contribution in [2.75, 3.05) is 6.54 Å². The van der Waals surface area contributed by atoms with Crippen LogP contribution in [0.3, 0.4) is 0 Å². The zero-order valence-electron chi connectivity index (χ0n) is 3.99. The maximum atomic E-state index is 2.92. The van der Waals surface area contributed by atoms with Crippen molar-refractivity contribution < 1.29 is 18.9 Å². The zero-order valence-corrected chi connectivity index (χ0v) is 3.99. The van der Waals surface area contributed by atoms with E-state index in [2.05, 4.69) is 11.4 Å². The second-order valence-corrected chi connectivity index (χ2v) is 1.06. The van der Waals surface area contributed by atoms with E-state index in [9.17, 15) is 0 Å². The molecule has 1 heterocycles. The Morgan fingerprint density at radius 2 is 2.50 bits per heavy atom. The first-order chi connectivity index (χ1) is 2.50. The molecular weight excluding hydrogens is 67.8 g/mol. The molecule has 0 aromatic carbocycles. The van der Waals surface area contributed by atoms with Gasteiger partial charge in [-0.1, -0.05) is 0 Å². The van der Waals surface area contributed by atoms with Crippen LogP contribution in [-0.2, 0) is 0 Å². The Bertz CT molecular complexity index is 48.8. The van der Waals surface area contributed by atoms with Gasteiger partial charge in [0.2, 0.25) is 0 Å². The molecule has 1 nitrogen and oxygen atoms in total. The number of hydrogen-bond donors (Lipinski definition) is 1. The summed E-state index contributed by atoms with van der Waals surface area (Å²) in [6, 6.07) is 0. The molecule has 0 unspecified atom stereocenters. The molecule has 26 valence electrons. The summed E-state index contributed by atoms with van der Waals surface area (Å²) in [6.07, 6.45) is 4.00. The number of rotatable bonds is 0. The summed E-state index contributed by atoms with van der Waals surface area (Å²) in [5.41, 5.74) is 0. The SMILES string of the molecule is B1=[C-]NCC1.[Li+]. The second kappa shape index (κ2) is 3.52. The molecule has 0 spiro atoms. The summed E-state index contributed by atoms with van der Waals surface area (Å²) < 4.78 is 0. The van der Waals surface area contributed by atoms with Gasteiger partial charge in [-0.25, -0.2) is 0 Å². The summed E-state index contributed by atoms with van der Waals surface area (Å²) in [4.78, 5) is 0. The van der Waals surface area contributed by atoms with E-state index in [0.717, 1.165) is 12.9 Å².